The summed E-state index contributed by atoms with van der Waals surface area (Å²) >= 11 is 0. The van der Waals surface area contributed by atoms with E-state index in [-0.39, 0.29) is 23.5 Å². The van der Waals surface area contributed by atoms with Gasteiger partial charge in [0.15, 0.2) is 5.03 Å². The first-order valence-corrected chi connectivity index (χ1v) is 9.98. The second kappa shape index (κ2) is 6.97. The van der Waals surface area contributed by atoms with Crippen LogP contribution in [0.5, 0.6) is 0 Å². The van der Waals surface area contributed by atoms with Crippen molar-refractivity contribution in [1.82, 2.24) is 14.3 Å². The molecule has 0 spiro atoms. The van der Waals surface area contributed by atoms with E-state index < -0.39 is 10.0 Å². The minimum atomic E-state index is -3.62. The van der Waals surface area contributed by atoms with Gasteiger partial charge >= 0.3 is 0 Å². The second-order valence-electron chi connectivity index (χ2n) is 6.67. The molecule has 2 heterocycles. The smallest absolute Gasteiger partial charge is 0.260 e. The third-order valence-corrected chi connectivity index (χ3v) is 6.28. The molecule has 8 heteroatoms. The summed E-state index contributed by atoms with van der Waals surface area (Å²) in [5.41, 5.74) is 8.74. The summed E-state index contributed by atoms with van der Waals surface area (Å²) in [6.45, 7) is 0.851. The number of fused-ring (bicyclic) bond motifs is 2. The number of rotatable bonds is 3. The largest absolute Gasteiger partial charge is 0.399 e. The average Bonchev–Trinajstić information content (AvgIpc) is 2.99. The van der Waals surface area contributed by atoms with Crippen molar-refractivity contribution >= 4 is 28.1 Å². The van der Waals surface area contributed by atoms with Gasteiger partial charge in [-0.15, -0.1) is 12.4 Å². The van der Waals surface area contributed by atoms with Crippen molar-refractivity contribution in [1.29, 1.82) is 0 Å². The van der Waals surface area contributed by atoms with Crippen LogP contribution in [-0.2, 0) is 29.4 Å². The van der Waals surface area contributed by atoms with Crippen LogP contribution < -0.4 is 10.5 Å². The van der Waals surface area contributed by atoms with Crippen LogP contribution in [0.2, 0.25) is 0 Å². The number of aryl methyl sites for hydroxylation is 3. The quantitative estimate of drug-likeness (QED) is 0.798. The van der Waals surface area contributed by atoms with E-state index in [1.54, 1.807) is 6.20 Å². The van der Waals surface area contributed by atoms with Crippen molar-refractivity contribution < 1.29 is 8.42 Å². The van der Waals surface area contributed by atoms with E-state index in [2.05, 4.69) is 9.71 Å². The molecular formula is C17H23ClN4O2S. The lowest BCUT2D eigenvalue weighted by atomic mass is 9.88. The number of hydrogen-bond donors (Lipinski definition) is 2. The van der Waals surface area contributed by atoms with Crippen molar-refractivity contribution in [3.63, 3.8) is 0 Å². The zero-order chi connectivity index (χ0) is 16.7. The van der Waals surface area contributed by atoms with Gasteiger partial charge in [-0.3, -0.25) is 0 Å². The molecule has 136 valence electrons. The van der Waals surface area contributed by atoms with E-state index >= 15 is 0 Å². The van der Waals surface area contributed by atoms with Crippen molar-refractivity contribution in [2.45, 2.75) is 56.1 Å². The number of anilines is 1. The van der Waals surface area contributed by atoms with Gasteiger partial charge in [0.1, 0.15) is 5.82 Å². The predicted octanol–water partition coefficient (Wildman–Crippen LogP) is 2.58. The lowest BCUT2D eigenvalue weighted by Gasteiger charge is -2.26. The van der Waals surface area contributed by atoms with Gasteiger partial charge in [-0.2, -0.15) is 0 Å². The molecule has 1 aliphatic heterocycles. The molecule has 2 aromatic rings. The molecule has 1 aromatic carbocycles. The number of halogens is 1. The van der Waals surface area contributed by atoms with Crippen molar-refractivity contribution in [2.75, 3.05) is 5.73 Å². The summed E-state index contributed by atoms with van der Waals surface area (Å²) < 4.78 is 30.4. The molecule has 25 heavy (non-hydrogen) atoms. The van der Waals surface area contributed by atoms with Gasteiger partial charge in [0.25, 0.3) is 10.0 Å². The first kappa shape index (κ1) is 18.2. The zero-order valence-corrected chi connectivity index (χ0v) is 15.6. The molecule has 0 amide bonds. The summed E-state index contributed by atoms with van der Waals surface area (Å²) in [7, 11) is -3.62. The zero-order valence-electron chi connectivity index (χ0n) is 13.9. The minimum Gasteiger partial charge on any atom is -0.399 e. The van der Waals surface area contributed by atoms with Gasteiger partial charge in [-0.1, -0.05) is 6.07 Å². The Kier molecular flexibility index (Phi) is 5.09. The van der Waals surface area contributed by atoms with Crippen LogP contribution in [0, 0.1) is 0 Å². The number of nitrogens with two attached hydrogens (primary N) is 1. The fraction of sp³-hybridized carbons (Fsp3) is 0.471. The molecule has 0 saturated carbocycles. The van der Waals surface area contributed by atoms with Gasteiger partial charge in [0, 0.05) is 30.9 Å². The second-order valence-corrected chi connectivity index (χ2v) is 8.33. The van der Waals surface area contributed by atoms with Gasteiger partial charge in [0.05, 0.1) is 0 Å². The maximum atomic E-state index is 12.8. The highest BCUT2D eigenvalue weighted by Crippen LogP contribution is 2.32. The van der Waals surface area contributed by atoms with E-state index in [1.807, 2.05) is 22.8 Å². The first-order valence-electron chi connectivity index (χ1n) is 8.49. The Morgan fingerprint density at radius 1 is 1.20 bits per heavy atom. The Balaban J connectivity index is 0.00000182. The van der Waals surface area contributed by atoms with Crippen LogP contribution in [0.25, 0.3) is 0 Å². The van der Waals surface area contributed by atoms with Gasteiger partial charge in [0.2, 0.25) is 0 Å². The highest BCUT2D eigenvalue weighted by atomic mass is 35.5. The Bertz CT molecular complexity index is 855. The first-order chi connectivity index (χ1) is 11.5. The van der Waals surface area contributed by atoms with E-state index in [0.29, 0.717) is 0 Å². The topological polar surface area (TPSA) is 90.0 Å². The highest BCUT2D eigenvalue weighted by Gasteiger charge is 2.28. The van der Waals surface area contributed by atoms with Crippen LogP contribution in [0.15, 0.2) is 29.4 Å². The Labute approximate surface area is 154 Å². The van der Waals surface area contributed by atoms with Crippen LogP contribution in [0.1, 0.15) is 48.7 Å². The standard InChI is InChI=1S/C17H22N4O2S.ClH/c18-13-7-8-14-12(10-13)4-3-5-15(14)20-24(22,23)17-11-21-9-2-1-6-16(21)19-17;/h7-8,10-11,15,20H,1-6,9,18H2;1H. The maximum absolute atomic E-state index is 12.8. The molecule has 2 aliphatic rings. The fourth-order valence-electron chi connectivity index (χ4n) is 3.72. The number of aromatic nitrogens is 2. The molecule has 0 saturated heterocycles. The lowest BCUT2D eigenvalue weighted by molar-refractivity contribution is 0.506. The van der Waals surface area contributed by atoms with E-state index in [9.17, 15) is 8.42 Å². The summed E-state index contributed by atoms with van der Waals surface area (Å²) in [5.74, 6) is 0.874. The number of nitrogen functional groups attached to an aromatic ring is 1. The van der Waals surface area contributed by atoms with E-state index in [1.165, 1.54) is 0 Å². The van der Waals surface area contributed by atoms with Crippen molar-refractivity contribution in [3.8, 4) is 0 Å². The molecule has 1 aromatic heterocycles. The molecular weight excluding hydrogens is 360 g/mol. The van der Waals surface area contributed by atoms with Crippen LogP contribution in [-0.4, -0.2) is 18.0 Å². The fourth-order valence-corrected chi connectivity index (χ4v) is 4.95. The van der Waals surface area contributed by atoms with Crippen molar-refractivity contribution in [3.05, 3.63) is 41.3 Å². The molecule has 1 aliphatic carbocycles. The molecule has 0 radical (unpaired) electrons. The number of benzene rings is 1. The Morgan fingerprint density at radius 2 is 2.04 bits per heavy atom. The molecule has 3 N–H and O–H groups in total. The Morgan fingerprint density at radius 3 is 2.84 bits per heavy atom. The van der Waals surface area contributed by atoms with Crippen LogP contribution in [0.3, 0.4) is 0 Å². The molecule has 6 nitrogen and oxygen atoms in total. The molecule has 0 bridgehead atoms. The van der Waals surface area contributed by atoms with Crippen LogP contribution >= 0.6 is 12.4 Å². The minimum absolute atomic E-state index is 0. The molecule has 0 fully saturated rings. The predicted molar refractivity (Wildman–Crippen MR) is 99.3 cm³/mol. The maximum Gasteiger partial charge on any atom is 0.260 e. The number of imidazole rings is 1. The molecule has 1 unspecified atom stereocenters. The van der Waals surface area contributed by atoms with E-state index in [0.717, 1.165) is 67.7 Å². The molecule has 4 rings (SSSR count). The third kappa shape index (κ3) is 3.54. The SMILES string of the molecule is Cl.Nc1ccc2c(c1)CCCC2NS(=O)(=O)c1cn2c(n1)CCCC2. The molecule has 1 atom stereocenters. The number of nitrogens with one attached hydrogen (secondary N) is 1. The Hall–Kier alpha value is -1.57. The summed E-state index contributed by atoms with van der Waals surface area (Å²) in [5, 5.41) is 0.141. The summed E-state index contributed by atoms with van der Waals surface area (Å²) in [6.07, 6.45) is 7.35. The monoisotopic (exact) mass is 382 g/mol. The highest BCUT2D eigenvalue weighted by molar-refractivity contribution is 7.89. The summed E-state index contributed by atoms with van der Waals surface area (Å²) in [6, 6.07) is 5.51. The van der Waals surface area contributed by atoms with Gasteiger partial charge in [-0.05, 0) is 55.4 Å². The van der Waals surface area contributed by atoms with E-state index in [4.69, 9.17) is 5.73 Å². The number of nitrogens with zero attached hydrogens (tertiary/aromatic N) is 2. The van der Waals surface area contributed by atoms with Crippen molar-refractivity contribution in [2.24, 2.45) is 0 Å². The normalized spacial score (nSPS) is 19.6. The van der Waals surface area contributed by atoms with Gasteiger partial charge in [-0.25, -0.2) is 18.1 Å². The lowest BCUT2D eigenvalue weighted by Crippen LogP contribution is -2.31. The summed E-state index contributed by atoms with van der Waals surface area (Å²) in [4.78, 5) is 4.35. The number of sulfonamides is 1. The van der Waals surface area contributed by atoms with Gasteiger partial charge < -0.3 is 10.3 Å². The number of hydrogen-bond acceptors (Lipinski definition) is 4. The van der Waals surface area contributed by atoms with Crippen LogP contribution in [0.4, 0.5) is 5.69 Å². The average molecular weight is 383 g/mol. The third-order valence-electron chi connectivity index (χ3n) is 4.94.